The van der Waals surface area contributed by atoms with Crippen LogP contribution in [0.4, 0.5) is 0 Å². The van der Waals surface area contributed by atoms with E-state index in [1.54, 1.807) is 23.3 Å². The van der Waals surface area contributed by atoms with Gasteiger partial charge in [-0.3, -0.25) is 5.01 Å². The fraction of sp³-hybridized carbons (Fsp3) is 0.286. The number of ether oxygens (including phenoxy) is 1. The minimum absolute atomic E-state index is 0.469. The maximum Gasteiger partial charge on any atom is 0.167 e. The van der Waals surface area contributed by atoms with E-state index in [2.05, 4.69) is 23.2 Å². The molecule has 0 bridgehead atoms. The minimum atomic E-state index is 0.469. The van der Waals surface area contributed by atoms with Gasteiger partial charge >= 0.3 is 0 Å². The number of methoxy groups -OCH3 is 1. The molecule has 0 spiro atoms. The van der Waals surface area contributed by atoms with Gasteiger partial charge in [-0.2, -0.15) is 0 Å². The first kappa shape index (κ1) is 8.61. The number of hydrogen-bond acceptors (Lipinski definition) is 6. The third-order valence-corrected chi connectivity index (χ3v) is 2.01. The van der Waals surface area contributed by atoms with Crippen LogP contribution < -0.4 is 5.53 Å². The van der Waals surface area contributed by atoms with Crippen molar-refractivity contribution in [2.24, 2.45) is 4.99 Å². The monoisotopic (exact) mass is 198 g/mol. The summed E-state index contributed by atoms with van der Waals surface area (Å²) < 4.78 is 4.96. The molecule has 0 aliphatic carbocycles. The van der Waals surface area contributed by atoms with Crippen molar-refractivity contribution in [2.75, 3.05) is 13.8 Å². The van der Waals surface area contributed by atoms with Gasteiger partial charge in [-0.15, -0.1) is 18.2 Å². The molecule has 5 nitrogen and oxygen atoms in total. The number of aliphatic imine (C=N–C) groups is 1. The van der Waals surface area contributed by atoms with Gasteiger partial charge in [0.1, 0.15) is 6.73 Å². The van der Waals surface area contributed by atoms with Gasteiger partial charge in [0.2, 0.25) is 0 Å². The highest BCUT2D eigenvalue weighted by Gasteiger charge is 2.22. The Kier molecular flexibility index (Phi) is 2.26. The zero-order valence-electron chi connectivity index (χ0n) is 7.14. The Morgan fingerprint density at radius 1 is 1.69 bits per heavy atom. The van der Waals surface area contributed by atoms with Crippen LogP contribution in [0.5, 0.6) is 0 Å². The first-order valence-corrected chi connectivity index (χ1v) is 4.23. The average Bonchev–Trinajstić information content (AvgIpc) is 2.49. The molecule has 2 aliphatic rings. The van der Waals surface area contributed by atoms with Crippen molar-refractivity contribution < 1.29 is 4.74 Å². The molecule has 0 radical (unpaired) electrons. The van der Waals surface area contributed by atoms with Crippen LogP contribution in [0.2, 0.25) is 0 Å². The molecule has 6 heteroatoms. The normalized spacial score (nSPS) is 20.2. The highest BCUT2D eigenvalue weighted by molar-refractivity contribution is 7.84. The predicted molar refractivity (Wildman–Crippen MR) is 52.3 cm³/mol. The second kappa shape index (κ2) is 3.41. The highest BCUT2D eigenvalue weighted by atomic mass is 32.1. The van der Waals surface area contributed by atoms with Gasteiger partial charge in [0.15, 0.2) is 5.82 Å². The third-order valence-electron chi connectivity index (χ3n) is 1.66. The summed E-state index contributed by atoms with van der Waals surface area (Å²) in [6.07, 6.45) is 5.37. The fourth-order valence-electron chi connectivity index (χ4n) is 1.13. The van der Waals surface area contributed by atoms with E-state index in [0.29, 0.717) is 6.73 Å². The molecule has 1 N–H and O–H groups in total. The Morgan fingerprint density at radius 2 is 2.54 bits per heavy atom. The lowest BCUT2D eigenvalue weighted by Crippen LogP contribution is -2.40. The molecule has 0 unspecified atom stereocenters. The van der Waals surface area contributed by atoms with Gasteiger partial charge in [0.05, 0.1) is 11.2 Å². The van der Waals surface area contributed by atoms with Crippen LogP contribution in [0.3, 0.4) is 0 Å². The Labute approximate surface area is 81.7 Å². The van der Waals surface area contributed by atoms with Crippen molar-refractivity contribution >= 4 is 18.8 Å². The maximum absolute atomic E-state index is 4.96. The largest absolute Gasteiger partial charge is 0.363 e. The molecule has 0 aromatic heterocycles. The van der Waals surface area contributed by atoms with Crippen molar-refractivity contribution in [1.29, 1.82) is 0 Å². The summed E-state index contributed by atoms with van der Waals surface area (Å²) in [4.78, 5) is 4.15. The van der Waals surface area contributed by atoms with Crippen molar-refractivity contribution in [2.45, 2.75) is 0 Å². The van der Waals surface area contributed by atoms with Crippen LogP contribution >= 0.6 is 12.6 Å². The van der Waals surface area contributed by atoms with Gasteiger partial charge in [-0.25, -0.2) is 10.0 Å². The summed E-state index contributed by atoms with van der Waals surface area (Å²) in [5.74, 6) is 0.810. The number of hydrazine groups is 2. The molecule has 2 aliphatic heterocycles. The molecule has 0 saturated heterocycles. The van der Waals surface area contributed by atoms with E-state index in [1.165, 1.54) is 0 Å². The second-order valence-electron chi connectivity index (χ2n) is 2.61. The second-order valence-corrected chi connectivity index (χ2v) is 3.07. The number of rotatable bonds is 2. The molecule has 0 fully saturated rings. The molecule has 2 rings (SSSR count). The first-order chi connectivity index (χ1) is 6.31. The molecule has 2 heterocycles. The molecule has 0 atom stereocenters. The lowest BCUT2D eigenvalue weighted by molar-refractivity contribution is 0.0363. The minimum Gasteiger partial charge on any atom is -0.363 e. The molecule has 70 valence electrons. The van der Waals surface area contributed by atoms with Gasteiger partial charge < -0.3 is 4.74 Å². The summed E-state index contributed by atoms with van der Waals surface area (Å²) in [6.45, 7) is 0.469. The van der Waals surface area contributed by atoms with Gasteiger partial charge in [0.25, 0.3) is 0 Å². The molecular weight excluding hydrogens is 188 g/mol. The van der Waals surface area contributed by atoms with Crippen molar-refractivity contribution in [3.8, 4) is 0 Å². The van der Waals surface area contributed by atoms with Crippen LogP contribution in [0.15, 0.2) is 28.1 Å². The smallest absolute Gasteiger partial charge is 0.167 e. The molecule has 13 heavy (non-hydrogen) atoms. The van der Waals surface area contributed by atoms with E-state index in [4.69, 9.17) is 4.74 Å². The van der Waals surface area contributed by atoms with E-state index in [1.807, 2.05) is 12.3 Å². The number of nitrogens with one attached hydrogen (secondary N) is 1. The Balaban J connectivity index is 2.13. The summed E-state index contributed by atoms with van der Waals surface area (Å²) >= 11 is 4.27. The van der Waals surface area contributed by atoms with Crippen LogP contribution in [-0.2, 0) is 4.74 Å². The first-order valence-electron chi connectivity index (χ1n) is 3.78. The number of hydrogen-bond donors (Lipinski definition) is 2. The standard InChI is InChI=1S/C7H10N4OS/c1-12-5-10-4-6-8-3-2-7(13)11(6)9-10/h2-4,9,13H,5H2,1H3. The predicted octanol–water partition coefficient (Wildman–Crippen LogP) is 0.282. The van der Waals surface area contributed by atoms with Crippen LogP contribution in [0.1, 0.15) is 0 Å². The lowest BCUT2D eigenvalue weighted by Gasteiger charge is -2.23. The molecular formula is C7H10N4OS. The zero-order valence-corrected chi connectivity index (χ0v) is 8.03. The van der Waals surface area contributed by atoms with E-state index in [9.17, 15) is 0 Å². The lowest BCUT2D eigenvalue weighted by atomic mass is 10.5. The Bertz CT molecular complexity index is 299. The Hall–Kier alpha value is -0.980. The topological polar surface area (TPSA) is 40.1 Å². The quantitative estimate of drug-likeness (QED) is 0.625. The van der Waals surface area contributed by atoms with Crippen molar-refractivity contribution in [3.63, 3.8) is 0 Å². The van der Waals surface area contributed by atoms with Crippen LogP contribution in [-0.4, -0.2) is 30.1 Å². The maximum atomic E-state index is 4.96. The summed E-state index contributed by atoms with van der Waals surface area (Å²) in [5.41, 5.74) is 3.03. The highest BCUT2D eigenvalue weighted by Crippen LogP contribution is 2.22. The third kappa shape index (κ3) is 1.55. The van der Waals surface area contributed by atoms with Gasteiger partial charge in [0, 0.05) is 13.3 Å². The average molecular weight is 198 g/mol. The van der Waals surface area contributed by atoms with Gasteiger partial charge in [-0.05, 0) is 6.08 Å². The molecule has 0 saturated carbocycles. The zero-order chi connectivity index (χ0) is 9.26. The van der Waals surface area contributed by atoms with E-state index in [-0.39, 0.29) is 0 Å². The summed E-state index contributed by atoms with van der Waals surface area (Å²) in [6, 6.07) is 0. The fourth-order valence-corrected chi connectivity index (χ4v) is 1.34. The summed E-state index contributed by atoms with van der Waals surface area (Å²) in [7, 11) is 1.64. The SMILES string of the molecule is COCN1C=C2N=CC=C(S)N2N1. The van der Waals surface area contributed by atoms with Crippen molar-refractivity contribution in [1.82, 2.24) is 15.6 Å². The van der Waals surface area contributed by atoms with Gasteiger partial charge in [-0.1, -0.05) is 0 Å². The van der Waals surface area contributed by atoms with E-state index >= 15 is 0 Å². The Morgan fingerprint density at radius 3 is 3.23 bits per heavy atom. The number of thiol groups is 1. The van der Waals surface area contributed by atoms with Crippen LogP contribution in [0.25, 0.3) is 0 Å². The van der Waals surface area contributed by atoms with E-state index in [0.717, 1.165) is 10.9 Å². The molecule has 0 aromatic rings. The summed E-state index contributed by atoms with van der Waals surface area (Å²) in [5, 5.41) is 4.35. The van der Waals surface area contributed by atoms with Crippen molar-refractivity contribution in [3.05, 3.63) is 23.1 Å². The molecule has 0 amide bonds. The number of fused-ring (bicyclic) bond motifs is 1. The number of nitrogens with zero attached hydrogens (tertiary/aromatic N) is 3. The van der Waals surface area contributed by atoms with Crippen LogP contribution in [0, 0.1) is 0 Å². The van der Waals surface area contributed by atoms with E-state index < -0.39 is 0 Å². The molecule has 0 aromatic carbocycles. The number of allylic oxidation sites excluding steroid dienone is 1.